The second-order valence-electron chi connectivity index (χ2n) is 3.58. The fourth-order valence-electron chi connectivity index (χ4n) is 1.35. The van der Waals surface area contributed by atoms with Crippen LogP contribution in [-0.2, 0) is 16.0 Å². The van der Waals surface area contributed by atoms with Gasteiger partial charge in [0.15, 0.2) is 0 Å². The molecule has 0 aromatic carbocycles. The number of aliphatic carboxylic acids is 1. The van der Waals surface area contributed by atoms with Crippen molar-refractivity contribution < 1.29 is 14.7 Å². The third-order valence-electron chi connectivity index (χ3n) is 2.19. The van der Waals surface area contributed by atoms with Gasteiger partial charge in [0.1, 0.15) is 6.54 Å². The Bertz CT molecular complexity index is 348. The predicted molar refractivity (Wildman–Crippen MR) is 62.5 cm³/mol. The minimum Gasteiger partial charge on any atom is -0.480 e. The summed E-state index contributed by atoms with van der Waals surface area (Å²) in [7, 11) is 1.52. The minimum atomic E-state index is -0.978. The number of carboxylic acids is 1. The summed E-state index contributed by atoms with van der Waals surface area (Å²) in [6.45, 7) is -0.224. The van der Waals surface area contributed by atoms with Gasteiger partial charge in [0.05, 0.1) is 0 Å². The SMILES string of the molecule is CN(CC(=O)O)C(=O)CCCc1cccs1. The van der Waals surface area contributed by atoms with Crippen LogP contribution in [-0.4, -0.2) is 35.5 Å². The molecule has 0 aliphatic carbocycles. The first-order valence-electron chi connectivity index (χ1n) is 5.07. The molecule has 0 fully saturated rings. The van der Waals surface area contributed by atoms with Crippen molar-refractivity contribution in [2.75, 3.05) is 13.6 Å². The summed E-state index contributed by atoms with van der Waals surface area (Å²) < 4.78 is 0. The van der Waals surface area contributed by atoms with Gasteiger partial charge in [-0.15, -0.1) is 11.3 Å². The number of aryl methyl sites for hydroxylation is 1. The van der Waals surface area contributed by atoms with E-state index in [1.54, 1.807) is 11.3 Å². The van der Waals surface area contributed by atoms with Crippen LogP contribution in [0.5, 0.6) is 0 Å². The maximum Gasteiger partial charge on any atom is 0.323 e. The van der Waals surface area contributed by atoms with E-state index >= 15 is 0 Å². The van der Waals surface area contributed by atoms with E-state index in [0.29, 0.717) is 6.42 Å². The van der Waals surface area contributed by atoms with Crippen LogP contribution in [0.15, 0.2) is 17.5 Å². The third kappa shape index (κ3) is 4.44. The zero-order chi connectivity index (χ0) is 12.0. The van der Waals surface area contributed by atoms with E-state index in [2.05, 4.69) is 0 Å². The number of likely N-dealkylation sites (N-methyl/N-ethyl adjacent to an activating group) is 1. The summed E-state index contributed by atoms with van der Waals surface area (Å²) in [5, 5.41) is 10.5. The van der Waals surface area contributed by atoms with Gasteiger partial charge in [0.2, 0.25) is 5.91 Å². The van der Waals surface area contributed by atoms with Gasteiger partial charge >= 0.3 is 5.97 Å². The fraction of sp³-hybridized carbons (Fsp3) is 0.455. The van der Waals surface area contributed by atoms with Gasteiger partial charge in [-0.2, -0.15) is 0 Å². The zero-order valence-electron chi connectivity index (χ0n) is 9.18. The number of amides is 1. The Kier molecular flexibility index (Phi) is 4.98. The highest BCUT2D eigenvalue weighted by atomic mass is 32.1. The molecule has 1 aromatic rings. The average molecular weight is 241 g/mol. The first-order chi connectivity index (χ1) is 7.59. The van der Waals surface area contributed by atoms with E-state index in [-0.39, 0.29) is 12.5 Å². The average Bonchev–Trinajstić information content (AvgIpc) is 2.69. The second kappa shape index (κ2) is 6.27. The van der Waals surface area contributed by atoms with Crippen LogP contribution in [0.3, 0.4) is 0 Å². The molecule has 5 heteroatoms. The summed E-state index contributed by atoms with van der Waals surface area (Å²) in [6.07, 6.45) is 2.05. The van der Waals surface area contributed by atoms with Gasteiger partial charge in [0, 0.05) is 18.3 Å². The van der Waals surface area contributed by atoms with Crippen molar-refractivity contribution in [3.05, 3.63) is 22.4 Å². The maximum absolute atomic E-state index is 11.5. The van der Waals surface area contributed by atoms with Crippen molar-refractivity contribution in [1.82, 2.24) is 4.90 Å². The first-order valence-corrected chi connectivity index (χ1v) is 5.95. The van der Waals surface area contributed by atoms with Crippen LogP contribution in [0, 0.1) is 0 Å². The van der Waals surface area contributed by atoms with Gasteiger partial charge in [-0.1, -0.05) is 6.07 Å². The number of carbonyl (C=O) groups is 2. The molecule has 0 radical (unpaired) electrons. The monoisotopic (exact) mass is 241 g/mol. The van der Waals surface area contributed by atoms with E-state index in [1.807, 2.05) is 17.5 Å². The van der Waals surface area contributed by atoms with Crippen LogP contribution >= 0.6 is 11.3 Å². The molecule has 0 aliphatic rings. The smallest absolute Gasteiger partial charge is 0.323 e. The standard InChI is InChI=1S/C11H15NO3S/c1-12(8-11(14)15)10(13)6-2-4-9-5-3-7-16-9/h3,5,7H,2,4,6,8H2,1H3,(H,14,15). The van der Waals surface area contributed by atoms with E-state index < -0.39 is 5.97 Å². The maximum atomic E-state index is 11.5. The summed E-state index contributed by atoms with van der Waals surface area (Å²) in [6, 6.07) is 4.02. The van der Waals surface area contributed by atoms with Gasteiger partial charge in [-0.05, 0) is 24.3 Å². The number of nitrogens with zero attached hydrogens (tertiary/aromatic N) is 1. The van der Waals surface area contributed by atoms with Gasteiger partial charge in [-0.3, -0.25) is 9.59 Å². The van der Waals surface area contributed by atoms with E-state index in [1.165, 1.54) is 16.8 Å². The van der Waals surface area contributed by atoms with Gasteiger partial charge < -0.3 is 10.0 Å². The normalized spacial score (nSPS) is 10.1. The number of hydrogen-bond acceptors (Lipinski definition) is 3. The van der Waals surface area contributed by atoms with Crippen LogP contribution in [0.25, 0.3) is 0 Å². The summed E-state index contributed by atoms with van der Waals surface area (Å²) in [4.78, 5) is 24.4. The Balaban J connectivity index is 2.22. The molecule has 1 heterocycles. The summed E-state index contributed by atoms with van der Waals surface area (Å²) in [5.74, 6) is -1.09. The van der Waals surface area contributed by atoms with Crippen molar-refractivity contribution in [3.63, 3.8) is 0 Å². The molecule has 0 saturated heterocycles. The molecule has 4 nitrogen and oxygen atoms in total. The largest absolute Gasteiger partial charge is 0.480 e. The summed E-state index contributed by atoms with van der Waals surface area (Å²) >= 11 is 1.67. The van der Waals surface area contributed by atoms with Crippen molar-refractivity contribution >= 4 is 23.2 Å². The highest BCUT2D eigenvalue weighted by Gasteiger charge is 2.11. The lowest BCUT2D eigenvalue weighted by Crippen LogP contribution is -2.31. The molecule has 1 amide bonds. The van der Waals surface area contributed by atoms with E-state index in [0.717, 1.165) is 12.8 Å². The molecule has 0 unspecified atom stereocenters. The van der Waals surface area contributed by atoms with Crippen LogP contribution < -0.4 is 0 Å². The number of carboxylic acid groups (broad SMARTS) is 1. The van der Waals surface area contributed by atoms with Crippen molar-refractivity contribution in [2.45, 2.75) is 19.3 Å². The van der Waals surface area contributed by atoms with Crippen LogP contribution in [0.2, 0.25) is 0 Å². The molecule has 0 saturated carbocycles. The first kappa shape index (κ1) is 12.7. The second-order valence-corrected chi connectivity index (χ2v) is 4.61. The lowest BCUT2D eigenvalue weighted by molar-refractivity contribution is -0.143. The highest BCUT2D eigenvalue weighted by molar-refractivity contribution is 7.09. The van der Waals surface area contributed by atoms with Crippen molar-refractivity contribution in [2.24, 2.45) is 0 Å². The Morgan fingerprint density at radius 3 is 2.81 bits per heavy atom. The minimum absolute atomic E-state index is 0.112. The Hall–Kier alpha value is -1.36. The lowest BCUT2D eigenvalue weighted by atomic mass is 10.2. The molecule has 0 atom stereocenters. The molecule has 0 aliphatic heterocycles. The van der Waals surface area contributed by atoms with Crippen molar-refractivity contribution in [1.29, 1.82) is 0 Å². The van der Waals surface area contributed by atoms with E-state index in [4.69, 9.17) is 5.11 Å². The quantitative estimate of drug-likeness (QED) is 0.823. The molecular weight excluding hydrogens is 226 g/mol. The number of carbonyl (C=O) groups excluding carboxylic acids is 1. The molecule has 1 aromatic heterocycles. The van der Waals surface area contributed by atoms with Crippen LogP contribution in [0.4, 0.5) is 0 Å². The van der Waals surface area contributed by atoms with Gasteiger partial charge in [-0.25, -0.2) is 0 Å². The van der Waals surface area contributed by atoms with E-state index in [9.17, 15) is 9.59 Å². The highest BCUT2D eigenvalue weighted by Crippen LogP contribution is 2.12. The Labute approximate surface area is 98.5 Å². The summed E-state index contributed by atoms with van der Waals surface area (Å²) in [5.41, 5.74) is 0. The number of hydrogen-bond donors (Lipinski definition) is 1. The Morgan fingerprint density at radius 2 is 2.25 bits per heavy atom. The fourth-order valence-corrected chi connectivity index (χ4v) is 2.10. The van der Waals surface area contributed by atoms with Crippen LogP contribution in [0.1, 0.15) is 17.7 Å². The van der Waals surface area contributed by atoms with Crippen molar-refractivity contribution in [3.8, 4) is 0 Å². The third-order valence-corrected chi connectivity index (χ3v) is 3.13. The molecular formula is C11H15NO3S. The number of thiophene rings is 1. The molecule has 0 spiro atoms. The lowest BCUT2D eigenvalue weighted by Gasteiger charge is -2.13. The van der Waals surface area contributed by atoms with Gasteiger partial charge in [0.25, 0.3) is 0 Å². The topological polar surface area (TPSA) is 57.6 Å². The molecule has 16 heavy (non-hydrogen) atoms. The molecule has 0 bridgehead atoms. The zero-order valence-corrected chi connectivity index (χ0v) is 10.00. The molecule has 1 rings (SSSR count). The molecule has 1 N–H and O–H groups in total. The predicted octanol–water partition coefficient (Wildman–Crippen LogP) is 1.61. The molecule has 88 valence electrons. The Morgan fingerprint density at radius 1 is 1.50 bits per heavy atom. The number of rotatable bonds is 6.